The highest BCUT2D eigenvalue weighted by atomic mass is 79.9. The fraction of sp³-hybridized carbons (Fsp3) is 0.500. The lowest BCUT2D eigenvalue weighted by molar-refractivity contribution is -0.119. The van der Waals surface area contributed by atoms with Gasteiger partial charge in [-0.25, -0.2) is 0 Å². The van der Waals surface area contributed by atoms with Gasteiger partial charge in [-0.05, 0) is 33.6 Å². The lowest BCUT2D eigenvalue weighted by Gasteiger charge is -2.14. The number of halogens is 1. The third kappa shape index (κ3) is 6.61. The molecule has 124 valence electrons. The number of hydrogen-bond acceptors (Lipinski definition) is 6. The summed E-state index contributed by atoms with van der Waals surface area (Å²) in [4.78, 5) is 10.8. The largest absolute Gasteiger partial charge is 0.493 e. The number of carbonyl (C=O) groups excluding carboxylic acids is 1. The Hall–Kier alpha value is -1.35. The van der Waals surface area contributed by atoms with Crippen LogP contribution in [0.1, 0.15) is 5.56 Å². The Morgan fingerprint density at radius 3 is 2.68 bits per heavy atom. The van der Waals surface area contributed by atoms with Crippen LogP contribution < -0.4 is 25.8 Å². The van der Waals surface area contributed by atoms with Crippen molar-refractivity contribution in [1.29, 1.82) is 0 Å². The van der Waals surface area contributed by atoms with Crippen LogP contribution in [-0.2, 0) is 11.3 Å². The molecule has 0 aliphatic carbocycles. The van der Waals surface area contributed by atoms with Crippen LogP contribution in [-0.4, -0.2) is 51.0 Å². The maximum Gasteiger partial charge on any atom is 0.255 e. The van der Waals surface area contributed by atoms with E-state index in [-0.39, 0.29) is 13.2 Å². The molecule has 0 bridgehead atoms. The lowest BCUT2D eigenvalue weighted by atomic mass is 10.2. The van der Waals surface area contributed by atoms with Crippen molar-refractivity contribution in [2.24, 2.45) is 5.73 Å². The molecule has 1 amide bonds. The number of carbonyl (C=O) groups is 1. The molecule has 8 heteroatoms. The Morgan fingerprint density at radius 2 is 2.05 bits per heavy atom. The van der Waals surface area contributed by atoms with E-state index in [4.69, 9.17) is 20.3 Å². The molecular weight excluding hydrogens is 354 g/mol. The monoisotopic (exact) mass is 375 g/mol. The number of aliphatic hydroxyl groups excluding tert-OH is 1. The van der Waals surface area contributed by atoms with Gasteiger partial charge in [0.15, 0.2) is 18.1 Å². The Labute approximate surface area is 138 Å². The van der Waals surface area contributed by atoms with E-state index in [9.17, 15) is 4.79 Å². The third-order valence-electron chi connectivity index (χ3n) is 2.74. The van der Waals surface area contributed by atoms with Gasteiger partial charge < -0.3 is 30.9 Å². The average Bonchev–Trinajstić information content (AvgIpc) is 2.48. The van der Waals surface area contributed by atoms with E-state index in [1.54, 1.807) is 0 Å². The van der Waals surface area contributed by atoms with Crippen molar-refractivity contribution in [2.75, 3.05) is 40.0 Å². The zero-order valence-corrected chi connectivity index (χ0v) is 14.1. The molecule has 0 aliphatic rings. The molecule has 7 nitrogen and oxygen atoms in total. The minimum absolute atomic E-state index is 0.136. The number of primary amides is 1. The summed E-state index contributed by atoms with van der Waals surface area (Å²) in [6.45, 7) is 2.73. The lowest BCUT2D eigenvalue weighted by Crippen LogP contribution is -2.28. The molecule has 0 heterocycles. The van der Waals surface area contributed by atoms with Gasteiger partial charge in [0, 0.05) is 26.2 Å². The molecule has 5 N–H and O–H groups in total. The van der Waals surface area contributed by atoms with Crippen molar-refractivity contribution in [3.05, 3.63) is 22.2 Å². The summed E-state index contributed by atoms with van der Waals surface area (Å²) in [5, 5.41) is 15.0. The zero-order chi connectivity index (χ0) is 16.4. The van der Waals surface area contributed by atoms with E-state index < -0.39 is 5.91 Å². The molecule has 1 aromatic carbocycles. The van der Waals surface area contributed by atoms with Crippen molar-refractivity contribution >= 4 is 21.8 Å². The maximum atomic E-state index is 10.8. The van der Waals surface area contributed by atoms with Crippen LogP contribution in [0.4, 0.5) is 0 Å². The van der Waals surface area contributed by atoms with Gasteiger partial charge in [-0.3, -0.25) is 4.79 Å². The van der Waals surface area contributed by atoms with Crippen molar-refractivity contribution in [2.45, 2.75) is 6.54 Å². The van der Waals surface area contributed by atoms with Crippen LogP contribution in [0.25, 0.3) is 0 Å². The molecule has 0 atom stereocenters. The summed E-state index contributed by atoms with van der Waals surface area (Å²) in [6.07, 6.45) is 0. The van der Waals surface area contributed by atoms with E-state index in [1.165, 1.54) is 7.11 Å². The number of ether oxygens (including phenoxy) is 2. The SMILES string of the molecule is COc1cc(CNCCNCCO)cc(Br)c1OCC(N)=O. The van der Waals surface area contributed by atoms with Crippen LogP contribution >= 0.6 is 15.9 Å². The topological polar surface area (TPSA) is 106 Å². The van der Waals surface area contributed by atoms with Gasteiger partial charge >= 0.3 is 0 Å². The predicted octanol–water partition coefficient (Wildman–Crippen LogP) is -0.00670. The first-order valence-electron chi connectivity index (χ1n) is 6.88. The highest BCUT2D eigenvalue weighted by molar-refractivity contribution is 9.10. The number of amides is 1. The first kappa shape index (κ1) is 18.7. The van der Waals surface area contributed by atoms with Gasteiger partial charge in [0.2, 0.25) is 0 Å². The van der Waals surface area contributed by atoms with Gasteiger partial charge in [0.25, 0.3) is 5.91 Å². The number of hydrogen-bond donors (Lipinski definition) is 4. The van der Waals surface area contributed by atoms with Gasteiger partial charge in [0.1, 0.15) is 0 Å². The van der Waals surface area contributed by atoms with E-state index in [1.807, 2.05) is 12.1 Å². The molecule has 0 spiro atoms. The van der Waals surface area contributed by atoms with Gasteiger partial charge in [-0.15, -0.1) is 0 Å². The first-order chi connectivity index (χ1) is 10.6. The van der Waals surface area contributed by atoms with Crippen molar-refractivity contribution < 1.29 is 19.4 Å². The van der Waals surface area contributed by atoms with Crippen molar-refractivity contribution in [3.8, 4) is 11.5 Å². The summed E-state index contributed by atoms with van der Waals surface area (Å²) in [7, 11) is 1.54. The van der Waals surface area contributed by atoms with Crippen LogP contribution in [0.5, 0.6) is 11.5 Å². The van der Waals surface area contributed by atoms with Gasteiger partial charge in [0.05, 0.1) is 18.2 Å². The molecule has 0 unspecified atom stereocenters. The summed E-state index contributed by atoms with van der Waals surface area (Å²) >= 11 is 3.41. The molecule has 0 aliphatic heterocycles. The number of nitrogens with two attached hydrogens (primary N) is 1. The predicted molar refractivity (Wildman–Crippen MR) is 87.0 cm³/mol. The smallest absolute Gasteiger partial charge is 0.255 e. The van der Waals surface area contributed by atoms with Crippen LogP contribution in [0.3, 0.4) is 0 Å². The van der Waals surface area contributed by atoms with Gasteiger partial charge in [-0.1, -0.05) is 0 Å². The zero-order valence-electron chi connectivity index (χ0n) is 12.5. The molecule has 0 saturated heterocycles. The van der Waals surface area contributed by atoms with Crippen molar-refractivity contribution in [1.82, 2.24) is 10.6 Å². The fourth-order valence-corrected chi connectivity index (χ4v) is 2.38. The Balaban J connectivity index is 2.58. The normalized spacial score (nSPS) is 10.5. The standard InChI is InChI=1S/C14H22BrN3O4/c1-21-12-7-10(8-18-3-2-17-4-5-19)6-11(15)14(12)22-9-13(16)20/h6-7,17-19H,2-5,8-9H2,1H3,(H2,16,20). The average molecular weight is 376 g/mol. The van der Waals surface area contributed by atoms with Crippen LogP contribution in [0.2, 0.25) is 0 Å². The number of rotatable bonds is 11. The Bertz CT molecular complexity index is 485. The molecule has 1 aromatic rings. The molecule has 0 radical (unpaired) electrons. The minimum atomic E-state index is -0.546. The summed E-state index contributed by atoms with van der Waals surface area (Å²) in [5.74, 6) is 0.440. The highest BCUT2D eigenvalue weighted by Gasteiger charge is 2.12. The minimum Gasteiger partial charge on any atom is -0.493 e. The Morgan fingerprint density at radius 1 is 1.32 bits per heavy atom. The molecule has 0 aromatic heterocycles. The van der Waals surface area contributed by atoms with E-state index in [0.717, 1.165) is 18.7 Å². The van der Waals surface area contributed by atoms with E-state index >= 15 is 0 Å². The maximum absolute atomic E-state index is 10.8. The fourth-order valence-electron chi connectivity index (χ4n) is 1.77. The number of benzene rings is 1. The number of nitrogens with one attached hydrogen (secondary N) is 2. The number of methoxy groups -OCH3 is 1. The summed E-state index contributed by atoms with van der Waals surface area (Å²) < 4.78 is 11.3. The van der Waals surface area contributed by atoms with Crippen molar-refractivity contribution in [3.63, 3.8) is 0 Å². The summed E-state index contributed by atoms with van der Waals surface area (Å²) in [5.41, 5.74) is 6.09. The second kappa shape index (κ2) is 10.4. The second-order valence-corrected chi connectivity index (χ2v) is 5.37. The third-order valence-corrected chi connectivity index (χ3v) is 3.33. The number of aliphatic hydroxyl groups is 1. The van der Waals surface area contributed by atoms with Crippen LogP contribution in [0.15, 0.2) is 16.6 Å². The second-order valence-electron chi connectivity index (χ2n) is 4.51. The molecular formula is C14H22BrN3O4. The van der Waals surface area contributed by atoms with Crippen LogP contribution in [0, 0.1) is 0 Å². The molecule has 1 rings (SSSR count). The van der Waals surface area contributed by atoms with Gasteiger partial charge in [-0.2, -0.15) is 0 Å². The quantitative estimate of drug-likeness (QED) is 0.405. The Kier molecular flexibility index (Phi) is 8.83. The molecule has 0 fully saturated rings. The first-order valence-corrected chi connectivity index (χ1v) is 7.67. The highest BCUT2D eigenvalue weighted by Crippen LogP contribution is 2.36. The van der Waals surface area contributed by atoms with E-state index in [2.05, 4.69) is 26.6 Å². The molecule has 0 saturated carbocycles. The van der Waals surface area contributed by atoms with E-state index in [0.29, 0.717) is 29.1 Å². The molecule has 22 heavy (non-hydrogen) atoms. The summed E-state index contributed by atoms with van der Waals surface area (Å²) in [6, 6.07) is 3.74.